The van der Waals surface area contributed by atoms with Crippen LogP contribution in [0.4, 0.5) is 0 Å². The summed E-state index contributed by atoms with van der Waals surface area (Å²) in [6, 6.07) is 0. The summed E-state index contributed by atoms with van der Waals surface area (Å²) in [7, 11) is 2.08. The lowest BCUT2D eigenvalue weighted by Gasteiger charge is -2.35. The Kier molecular flexibility index (Phi) is 3.61. The van der Waals surface area contributed by atoms with Crippen molar-refractivity contribution in [2.45, 2.75) is 63.2 Å². The first-order valence-electron chi connectivity index (χ1n) is 7.87. The molecule has 2 fully saturated rings. The van der Waals surface area contributed by atoms with Gasteiger partial charge in [-0.2, -0.15) is 5.10 Å². The van der Waals surface area contributed by atoms with Crippen LogP contribution in [0.1, 0.15) is 69.4 Å². The van der Waals surface area contributed by atoms with E-state index in [1.54, 1.807) is 0 Å². The molecule has 19 heavy (non-hydrogen) atoms. The summed E-state index contributed by atoms with van der Waals surface area (Å²) >= 11 is 0. The fraction of sp³-hybridized carbons (Fsp3) is 0.867. The largest absolute Gasteiger partial charge is 0.317 e. The number of nitrogens with zero attached hydrogens (tertiary/aromatic N) is 3. The van der Waals surface area contributed by atoms with Gasteiger partial charge in [-0.3, -0.25) is 4.68 Å². The topological polar surface area (TPSA) is 42.7 Å². The standard InChI is InChI=1S/C15H26N4/c1-3-15(8-10-16-11-9-15)14-17-13(18-19(14)2)12-6-4-5-7-12/h12,16H,3-11H2,1-2H3. The number of piperidine rings is 1. The van der Waals surface area contributed by atoms with Crippen molar-refractivity contribution < 1.29 is 0 Å². The molecule has 1 aliphatic heterocycles. The van der Waals surface area contributed by atoms with E-state index in [1.165, 1.54) is 50.8 Å². The lowest BCUT2D eigenvalue weighted by Crippen LogP contribution is -2.41. The van der Waals surface area contributed by atoms with E-state index in [-0.39, 0.29) is 5.41 Å². The van der Waals surface area contributed by atoms with Crippen molar-refractivity contribution in [1.29, 1.82) is 0 Å². The number of aromatic nitrogens is 3. The van der Waals surface area contributed by atoms with Crippen molar-refractivity contribution in [3.63, 3.8) is 0 Å². The lowest BCUT2D eigenvalue weighted by atomic mass is 9.76. The fourth-order valence-electron chi connectivity index (χ4n) is 3.86. The normalized spacial score (nSPS) is 23.9. The third-order valence-electron chi connectivity index (χ3n) is 5.21. The highest BCUT2D eigenvalue weighted by Crippen LogP contribution is 2.38. The summed E-state index contributed by atoms with van der Waals surface area (Å²) in [5, 5.41) is 8.21. The van der Waals surface area contributed by atoms with Gasteiger partial charge in [0.15, 0.2) is 5.82 Å². The molecule has 106 valence electrons. The summed E-state index contributed by atoms with van der Waals surface area (Å²) in [6.07, 6.45) is 8.82. The molecule has 0 spiro atoms. The van der Waals surface area contributed by atoms with Gasteiger partial charge in [-0.1, -0.05) is 19.8 Å². The summed E-state index contributed by atoms with van der Waals surface area (Å²) in [4.78, 5) is 4.98. The maximum Gasteiger partial charge on any atom is 0.154 e. The quantitative estimate of drug-likeness (QED) is 0.910. The molecule has 4 heteroatoms. The second-order valence-electron chi connectivity index (χ2n) is 6.28. The summed E-state index contributed by atoms with van der Waals surface area (Å²) in [5.41, 5.74) is 0.254. The molecule has 2 heterocycles. The molecule has 0 bridgehead atoms. The molecule has 0 atom stereocenters. The van der Waals surface area contributed by atoms with E-state index >= 15 is 0 Å². The van der Waals surface area contributed by atoms with Crippen LogP contribution in [0.15, 0.2) is 0 Å². The maximum absolute atomic E-state index is 4.98. The predicted octanol–water partition coefficient (Wildman–Crippen LogP) is 2.50. The van der Waals surface area contributed by atoms with Crippen molar-refractivity contribution in [3.05, 3.63) is 11.6 Å². The van der Waals surface area contributed by atoms with Gasteiger partial charge in [0.05, 0.1) is 0 Å². The van der Waals surface area contributed by atoms with Crippen molar-refractivity contribution in [1.82, 2.24) is 20.1 Å². The van der Waals surface area contributed by atoms with Crippen LogP contribution in [0.25, 0.3) is 0 Å². The lowest BCUT2D eigenvalue weighted by molar-refractivity contribution is 0.273. The molecule has 0 aromatic carbocycles. The Hall–Kier alpha value is -0.900. The summed E-state index contributed by atoms with van der Waals surface area (Å²) in [6.45, 7) is 4.52. The third kappa shape index (κ3) is 2.31. The van der Waals surface area contributed by atoms with Crippen LogP contribution in [0.2, 0.25) is 0 Å². The van der Waals surface area contributed by atoms with Gasteiger partial charge in [0.1, 0.15) is 5.82 Å². The highest BCUT2D eigenvalue weighted by Gasteiger charge is 2.37. The number of nitrogens with one attached hydrogen (secondary N) is 1. The Labute approximate surface area is 116 Å². The molecule has 0 radical (unpaired) electrons. The van der Waals surface area contributed by atoms with Crippen LogP contribution in [0, 0.1) is 0 Å². The Morgan fingerprint density at radius 1 is 1.26 bits per heavy atom. The summed E-state index contributed by atoms with van der Waals surface area (Å²) < 4.78 is 2.07. The molecule has 0 amide bonds. The highest BCUT2D eigenvalue weighted by atomic mass is 15.3. The molecule has 3 rings (SSSR count). The number of aryl methyl sites for hydroxylation is 1. The van der Waals surface area contributed by atoms with E-state index in [0.717, 1.165) is 18.9 Å². The molecule has 1 saturated heterocycles. The molecule has 1 N–H and O–H groups in total. The minimum atomic E-state index is 0.254. The smallest absolute Gasteiger partial charge is 0.154 e. The van der Waals surface area contributed by atoms with Gasteiger partial charge in [-0.15, -0.1) is 0 Å². The van der Waals surface area contributed by atoms with Crippen LogP contribution in [-0.4, -0.2) is 27.9 Å². The Morgan fingerprint density at radius 3 is 2.58 bits per heavy atom. The van der Waals surface area contributed by atoms with Gasteiger partial charge in [-0.25, -0.2) is 4.98 Å². The second-order valence-corrected chi connectivity index (χ2v) is 6.28. The molecule has 4 nitrogen and oxygen atoms in total. The monoisotopic (exact) mass is 262 g/mol. The molecule has 1 saturated carbocycles. The second kappa shape index (κ2) is 5.23. The molecular weight excluding hydrogens is 236 g/mol. The maximum atomic E-state index is 4.98. The Morgan fingerprint density at radius 2 is 1.95 bits per heavy atom. The first-order valence-corrected chi connectivity index (χ1v) is 7.87. The average Bonchev–Trinajstić information content (AvgIpc) is 3.08. The van der Waals surface area contributed by atoms with E-state index in [9.17, 15) is 0 Å². The van der Waals surface area contributed by atoms with Crippen LogP contribution in [0.3, 0.4) is 0 Å². The summed E-state index contributed by atoms with van der Waals surface area (Å²) in [5.74, 6) is 2.97. The van der Waals surface area contributed by atoms with Crippen molar-refractivity contribution >= 4 is 0 Å². The minimum Gasteiger partial charge on any atom is -0.317 e. The van der Waals surface area contributed by atoms with Gasteiger partial charge < -0.3 is 5.32 Å². The minimum absolute atomic E-state index is 0.254. The zero-order valence-electron chi connectivity index (χ0n) is 12.3. The van der Waals surface area contributed by atoms with E-state index in [0.29, 0.717) is 5.92 Å². The van der Waals surface area contributed by atoms with Crippen molar-refractivity contribution in [3.8, 4) is 0 Å². The molecular formula is C15H26N4. The van der Waals surface area contributed by atoms with Crippen LogP contribution < -0.4 is 5.32 Å². The van der Waals surface area contributed by atoms with Gasteiger partial charge in [0.25, 0.3) is 0 Å². The van der Waals surface area contributed by atoms with Gasteiger partial charge in [0.2, 0.25) is 0 Å². The zero-order valence-corrected chi connectivity index (χ0v) is 12.3. The Balaban J connectivity index is 1.90. The molecule has 1 aliphatic carbocycles. The SMILES string of the molecule is CCC1(c2nc(C3CCCC3)nn2C)CCNCC1. The third-order valence-corrected chi connectivity index (χ3v) is 5.21. The fourth-order valence-corrected chi connectivity index (χ4v) is 3.86. The first-order chi connectivity index (χ1) is 9.25. The average molecular weight is 262 g/mol. The van der Waals surface area contributed by atoms with Crippen molar-refractivity contribution in [2.24, 2.45) is 7.05 Å². The van der Waals surface area contributed by atoms with Gasteiger partial charge in [-0.05, 0) is 45.2 Å². The first kappa shape index (κ1) is 13.1. The Bertz CT molecular complexity index is 425. The van der Waals surface area contributed by atoms with E-state index in [1.807, 2.05) is 0 Å². The van der Waals surface area contributed by atoms with Crippen LogP contribution in [0.5, 0.6) is 0 Å². The van der Waals surface area contributed by atoms with Gasteiger partial charge >= 0.3 is 0 Å². The van der Waals surface area contributed by atoms with E-state index in [4.69, 9.17) is 10.1 Å². The van der Waals surface area contributed by atoms with Crippen LogP contribution in [-0.2, 0) is 12.5 Å². The predicted molar refractivity (Wildman–Crippen MR) is 76.3 cm³/mol. The molecule has 2 aliphatic rings. The van der Waals surface area contributed by atoms with Gasteiger partial charge in [0, 0.05) is 18.4 Å². The van der Waals surface area contributed by atoms with E-state index in [2.05, 4.69) is 24.0 Å². The molecule has 0 unspecified atom stereocenters. The molecule has 1 aromatic heterocycles. The number of hydrogen-bond acceptors (Lipinski definition) is 3. The van der Waals surface area contributed by atoms with Crippen LogP contribution >= 0.6 is 0 Å². The number of hydrogen-bond donors (Lipinski definition) is 1. The van der Waals surface area contributed by atoms with E-state index < -0.39 is 0 Å². The number of rotatable bonds is 3. The molecule has 1 aromatic rings. The van der Waals surface area contributed by atoms with Crippen molar-refractivity contribution in [2.75, 3.05) is 13.1 Å². The zero-order chi connectivity index (χ0) is 13.3. The highest BCUT2D eigenvalue weighted by molar-refractivity contribution is 5.13.